The number of aryl methyl sites for hydroxylation is 1. The Morgan fingerprint density at radius 1 is 1.48 bits per heavy atom. The summed E-state index contributed by atoms with van der Waals surface area (Å²) in [4.78, 5) is 12.1. The highest BCUT2D eigenvalue weighted by Gasteiger charge is 2.16. The molecule has 0 aromatic carbocycles. The number of carbonyl (C=O) groups excluding carboxylic acids is 1. The summed E-state index contributed by atoms with van der Waals surface area (Å²) < 4.78 is 7.12. The van der Waals surface area contributed by atoms with Gasteiger partial charge in [-0.15, -0.1) is 21.5 Å². The van der Waals surface area contributed by atoms with Gasteiger partial charge in [0.2, 0.25) is 5.91 Å². The highest BCUT2D eigenvalue weighted by molar-refractivity contribution is 7.98. The molecule has 0 spiro atoms. The molecule has 3 heterocycles. The molecule has 3 aromatic rings. The van der Waals surface area contributed by atoms with Crippen LogP contribution in [-0.2, 0) is 17.1 Å². The van der Waals surface area contributed by atoms with Crippen molar-refractivity contribution < 1.29 is 9.32 Å². The number of hydrogen-bond donors (Lipinski definition) is 1. The average Bonchev–Trinajstić information content (AvgIpc) is 3.23. The zero-order valence-electron chi connectivity index (χ0n) is 12.4. The molecule has 0 aliphatic heterocycles. The summed E-state index contributed by atoms with van der Waals surface area (Å²) in [7, 11) is 0. The van der Waals surface area contributed by atoms with Gasteiger partial charge in [-0.2, -0.15) is 0 Å². The zero-order chi connectivity index (χ0) is 16.2. The molecule has 7 nitrogen and oxygen atoms in total. The van der Waals surface area contributed by atoms with E-state index in [1.54, 1.807) is 11.3 Å². The lowest BCUT2D eigenvalue weighted by molar-refractivity contribution is -0.118. The predicted octanol–water partition coefficient (Wildman–Crippen LogP) is 2.47. The second kappa shape index (κ2) is 6.97. The molecule has 0 saturated heterocycles. The number of thiophene rings is 1. The summed E-state index contributed by atoms with van der Waals surface area (Å²) >= 11 is 3.07. The smallest absolute Gasteiger partial charge is 0.219 e. The number of thioether (sulfide) groups is 1. The first kappa shape index (κ1) is 15.8. The van der Waals surface area contributed by atoms with Gasteiger partial charge < -0.3 is 14.8 Å². The van der Waals surface area contributed by atoms with Crippen molar-refractivity contribution in [2.75, 3.05) is 0 Å². The standard InChI is InChI=1S/C14H15N5O2S2/c1-9-7-10(21-18-9)8-23-14-17-16-13(11-3-2-6-22-11)19(14)5-4-12(15)20/h2-3,6-7H,4-5,8H2,1H3,(H2,15,20). The molecule has 0 saturated carbocycles. The van der Waals surface area contributed by atoms with Crippen molar-refractivity contribution in [3.8, 4) is 10.7 Å². The van der Waals surface area contributed by atoms with Crippen LogP contribution in [-0.4, -0.2) is 25.8 Å². The molecule has 0 bridgehead atoms. The number of primary amides is 1. The first-order chi connectivity index (χ1) is 11.1. The minimum Gasteiger partial charge on any atom is -0.370 e. The first-order valence-electron chi connectivity index (χ1n) is 6.94. The minimum absolute atomic E-state index is 0.241. The van der Waals surface area contributed by atoms with Crippen LogP contribution in [0.15, 0.2) is 33.3 Å². The third kappa shape index (κ3) is 3.80. The summed E-state index contributed by atoms with van der Waals surface area (Å²) in [5.41, 5.74) is 6.12. The number of amides is 1. The van der Waals surface area contributed by atoms with E-state index in [2.05, 4.69) is 15.4 Å². The van der Waals surface area contributed by atoms with E-state index in [0.29, 0.717) is 12.3 Å². The molecule has 120 valence electrons. The third-order valence-corrected chi connectivity index (χ3v) is 4.92. The molecule has 0 radical (unpaired) electrons. The minimum atomic E-state index is -0.349. The summed E-state index contributed by atoms with van der Waals surface area (Å²) in [5, 5.41) is 15.1. The normalized spacial score (nSPS) is 11.0. The van der Waals surface area contributed by atoms with Crippen molar-refractivity contribution in [3.05, 3.63) is 35.0 Å². The van der Waals surface area contributed by atoms with Crippen molar-refractivity contribution in [1.82, 2.24) is 19.9 Å². The van der Waals surface area contributed by atoms with E-state index in [9.17, 15) is 4.79 Å². The molecule has 2 N–H and O–H groups in total. The zero-order valence-corrected chi connectivity index (χ0v) is 14.1. The lowest BCUT2D eigenvalue weighted by Crippen LogP contribution is -2.14. The van der Waals surface area contributed by atoms with Crippen LogP contribution >= 0.6 is 23.1 Å². The largest absolute Gasteiger partial charge is 0.370 e. The molecule has 3 rings (SSSR count). The van der Waals surface area contributed by atoms with Gasteiger partial charge in [0.1, 0.15) is 5.76 Å². The summed E-state index contributed by atoms with van der Waals surface area (Å²) in [6, 6.07) is 5.82. The third-order valence-electron chi connectivity index (χ3n) is 3.06. The van der Waals surface area contributed by atoms with Gasteiger partial charge in [-0.3, -0.25) is 4.79 Å². The lowest BCUT2D eigenvalue weighted by Gasteiger charge is -2.07. The molecule has 0 aliphatic carbocycles. The van der Waals surface area contributed by atoms with Crippen LogP contribution in [0, 0.1) is 6.92 Å². The van der Waals surface area contributed by atoms with E-state index < -0.39 is 0 Å². The fourth-order valence-electron chi connectivity index (χ4n) is 2.03. The Morgan fingerprint density at radius 3 is 3.00 bits per heavy atom. The van der Waals surface area contributed by atoms with E-state index in [-0.39, 0.29) is 12.3 Å². The molecular formula is C14H15N5O2S2. The van der Waals surface area contributed by atoms with Crippen molar-refractivity contribution in [3.63, 3.8) is 0 Å². The number of aromatic nitrogens is 4. The van der Waals surface area contributed by atoms with Crippen molar-refractivity contribution in [2.24, 2.45) is 5.73 Å². The van der Waals surface area contributed by atoms with Crippen LogP contribution < -0.4 is 5.73 Å². The van der Waals surface area contributed by atoms with Gasteiger partial charge >= 0.3 is 0 Å². The highest BCUT2D eigenvalue weighted by Crippen LogP contribution is 2.29. The predicted molar refractivity (Wildman–Crippen MR) is 87.9 cm³/mol. The van der Waals surface area contributed by atoms with Crippen molar-refractivity contribution >= 4 is 29.0 Å². The van der Waals surface area contributed by atoms with E-state index >= 15 is 0 Å². The Kier molecular flexibility index (Phi) is 4.77. The summed E-state index contributed by atoms with van der Waals surface area (Å²) in [5.74, 6) is 1.77. The molecule has 0 atom stereocenters. The fourth-order valence-corrected chi connectivity index (χ4v) is 3.58. The van der Waals surface area contributed by atoms with Crippen LogP contribution in [0.25, 0.3) is 10.7 Å². The number of nitrogens with zero attached hydrogens (tertiary/aromatic N) is 4. The second-order valence-electron chi connectivity index (χ2n) is 4.87. The lowest BCUT2D eigenvalue weighted by atomic mass is 10.4. The average molecular weight is 349 g/mol. The quantitative estimate of drug-likeness (QED) is 0.658. The summed E-state index contributed by atoms with van der Waals surface area (Å²) in [6.07, 6.45) is 0.241. The fraction of sp³-hybridized carbons (Fsp3) is 0.286. The molecule has 0 unspecified atom stereocenters. The highest BCUT2D eigenvalue weighted by atomic mass is 32.2. The van der Waals surface area contributed by atoms with Crippen LogP contribution in [0.5, 0.6) is 0 Å². The molecule has 23 heavy (non-hydrogen) atoms. The molecule has 9 heteroatoms. The van der Waals surface area contributed by atoms with E-state index in [1.165, 1.54) is 11.8 Å². The van der Waals surface area contributed by atoms with Gasteiger partial charge in [-0.05, 0) is 18.4 Å². The summed E-state index contributed by atoms with van der Waals surface area (Å²) in [6.45, 7) is 2.33. The topological polar surface area (TPSA) is 99.8 Å². The van der Waals surface area contributed by atoms with Crippen LogP contribution in [0.4, 0.5) is 0 Å². The maximum absolute atomic E-state index is 11.1. The first-order valence-corrected chi connectivity index (χ1v) is 8.80. The Labute approximate surface area is 140 Å². The Morgan fingerprint density at radius 2 is 2.35 bits per heavy atom. The Hall–Kier alpha value is -2.13. The number of nitrogens with two attached hydrogens (primary N) is 1. The maximum atomic E-state index is 11.1. The van der Waals surface area contributed by atoms with Gasteiger partial charge in [0.05, 0.1) is 16.3 Å². The molecule has 1 amide bonds. The van der Waals surface area contributed by atoms with E-state index in [0.717, 1.165) is 27.3 Å². The molecule has 3 aromatic heterocycles. The molecular weight excluding hydrogens is 334 g/mol. The SMILES string of the molecule is Cc1cc(CSc2nnc(-c3cccs3)n2CCC(N)=O)on1. The Bertz CT molecular complexity index is 794. The van der Waals surface area contributed by atoms with E-state index in [4.69, 9.17) is 10.3 Å². The molecule has 0 fully saturated rings. The van der Waals surface area contributed by atoms with Gasteiger partial charge in [0.15, 0.2) is 11.0 Å². The van der Waals surface area contributed by atoms with Gasteiger partial charge in [-0.1, -0.05) is 23.0 Å². The van der Waals surface area contributed by atoms with Gasteiger partial charge in [0.25, 0.3) is 0 Å². The number of rotatable bonds is 7. The van der Waals surface area contributed by atoms with Gasteiger partial charge in [0, 0.05) is 19.0 Å². The van der Waals surface area contributed by atoms with Crippen LogP contribution in [0.2, 0.25) is 0 Å². The second-order valence-corrected chi connectivity index (χ2v) is 6.76. The molecule has 0 aliphatic rings. The monoisotopic (exact) mass is 349 g/mol. The van der Waals surface area contributed by atoms with Gasteiger partial charge in [-0.25, -0.2) is 0 Å². The van der Waals surface area contributed by atoms with Crippen molar-refractivity contribution in [1.29, 1.82) is 0 Å². The van der Waals surface area contributed by atoms with Crippen molar-refractivity contribution in [2.45, 2.75) is 30.8 Å². The van der Waals surface area contributed by atoms with Crippen LogP contribution in [0.1, 0.15) is 17.9 Å². The Balaban J connectivity index is 1.82. The van der Waals surface area contributed by atoms with Crippen LogP contribution in [0.3, 0.4) is 0 Å². The van der Waals surface area contributed by atoms with E-state index in [1.807, 2.05) is 35.1 Å². The number of hydrogen-bond acceptors (Lipinski definition) is 7. The maximum Gasteiger partial charge on any atom is 0.219 e. The number of carbonyl (C=O) groups is 1.